The largest absolute Gasteiger partial charge is 0.421 e. The Hall–Kier alpha value is -0.610. The van der Waals surface area contributed by atoms with Crippen LogP contribution in [0, 0.1) is 0 Å². The molecule has 1 aliphatic rings. The van der Waals surface area contributed by atoms with Crippen molar-refractivity contribution in [2.45, 2.75) is 52.0 Å². The summed E-state index contributed by atoms with van der Waals surface area (Å²) in [6.45, 7) is 6.62. The molecule has 0 bridgehead atoms. The Balaban J connectivity index is 2.22. The predicted octanol–water partition coefficient (Wildman–Crippen LogP) is 1.40. The van der Waals surface area contributed by atoms with Crippen LogP contribution in [0.15, 0.2) is 0 Å². The topological polar surface area (TPSA) is 47.6 Å². The van der Waals surface area contributed by atoms with Crippen molar-refractivity contribution in [1.82, 2.24) is 5.32 Å². The van der Waals surface area contributed by atoms with Crippen molar-refractivity contribution in [3.8, 4) is 0 Å². The number of hydrogen-bond acceptors (Lipinski definition) is 4. The van der Waals surface area contributed by atoms with E-state index in [1.807, 2.05) is 20.8 Å². The Morgan fingerprint density at radius 1 is 1.64 bits per heavy atom. The lowest BCUT2D eigenvalue weighted by Crippen LogP contribution is -2.40. The molecule has 0 radical (unpaired) electrons. The highest BCUT2D eigenvalue weighted by atomic mass is 16.7. The number of ether oxygens (including phenoxy) is 2. The highest BCUT2D eigenvalue weighted by molar-refractivity contribution is 5.69. The molecule has 4 heteroatoms. The van der Waals surface area contributed by atoms with Crippen molar-refractivity contribution in [2.75, 3.05) is 6.61 Å². The summed E-state index contributed by atoms with van der Waals surface area (Å²) in [6, 6.07) is 0. The summed E-state index contributed by atoms with van der Waals surface area (Å²) in [5.74, 6) is -0.193. The first-order chi connectivity index (χ1) is 6.53. The van der Waals surface area contributed by atoms with Crippen molar-refractivity contribution < 1.29 is 14.3 Å². The quantitative estimate of drug-likeness (QED) is 0.698. The van der Waals surface area contributed by atoms with Gasteiger partial charge in [-0.2, -0.15) is 0 Å². The van der Waals surface area contributed by atoms with Gasteiger partial charge in [-0.25, -0.2) is 0 Å². The van der Waals surface area contributed by atoms with Crippen LogP contribution in [-0.2, 0) is 14.3 Å². The van der Waals surface area contributed by atoms with Crippen molar-refractivity contribution >= 4 is 5.97 Å². The average molecular weight is 201 g/mol. The normalized spacial score (nSPS) is 24.9. The molecule has 0 aromatic heterocycles. The molecule has 82 valence electrons. The molecule has 4 nitrogen and oxygen atoms in total. The highest BCUT2D eigenvalue weighted by Gasteiger charge is 2.32. The maximum absolute atomic E-state index is 11.2. The van der Waals surface area contributed by atoms with Crippen molar-refractivity contribution in [2.24, 2.45) is 0 Å². The third-order valence-electron chi connectivity index (χ3n) is 2.08. The monoisotopic (exact) mass is 201 g/mol. The zero-order chi connectivity index (χ0) is 10.6. The molecule has 1 aliphatic heterocycles. The third-order valence-corrected chi connectivity index (χ3v) is 2.08. The number of rotatable bonds is 4. The van der Waals surface area contributed by atoms with Crippen LogP contribution in [0.4, 0.5) is 0 Å². The van der Waals surface area contributed by atoms with Gasteiger partial charge >= 0.3 is 5.97 Å². The van der Waals surface area contributed by atoms with Crippen molar-refractivity contribution in [1.29, 1.82) is 0 Å². The second-order valence-corrected chi connectivity index (χ2v) is 4.26. The number of carbonyl (C=O) groups is 1. The Labute approximate surface area is 85.0 Å². The maximum atomic E-state index is 11.2. The molecule has 1 fully saturated rings. The fourth-order valence-electron chi connectivity index (χ4n) is 1.25. The molecule has 1 saturated heterocycles. The first-order valence-electron chi connectivity index (χ1n) is 5.12. The Bertz CT molecular complexity index is 204. The predicted molar refractivity (Wildman–Crippen MR) is 52.6 cm³/mol. The standard InChI is InChI=1S/C10H19NO3/c1-4-5-6-8(12)14-9-11-10(2,3)7-13-9/h9,11H,4-7H2,1-3H3. The summed E-state index contributed by atoms with van der Waals surface area (Å²) in [5.41, 5.74) is -0.101. The van der Waals surface area contributed by atoms with Gasteiger partial charge in [0.15, 0.2) is 0 Å². The lowest BCUT2D eigenvalue weighted by Gasteiger charge is -2.16. The number of nitrogens with one attached hydrogen (secondary N) is 1. The lowest BCUT2D eigenvalue weighted by atomic mass is 10.1. The summed E-state index contributed by atoms with van der Waals surface area (Å²) in [7, 11) is 0. The van der Waals surface area contributed by atoms with Crippen LogP contribution in [0.2, 0.25) is 0 Å². The van der Waals surface area contributed by atoms with E-state index in [0.29, 0.717) is 13.0 Å². The van der Waals surface area contributed by atoms with Crippen LogP contribution in [0.3, 0.4) is 0 Å². The van der Waals surface area contributed by atoms with Crippen LogP contribution in [0.5, 0.6) is 0 Å². The minimum atomic E-state index is -0.561. The second kappa shape index (κ2) is 4.75. The molecule has 0 saturated carbocycles. The molecule has 14 heavy (non-hydrogen) atoms. The van der Waals surface area contributed by atoms with E-state index in [-0.39, 0.29) is 11.5 Å². The fourth-order valence-corrected chi connectivity index (χ4v) is 1.25. The molecule has 0 aromatic carbocycles. The van der Waals surface area contributed by atoms with Crippen LogP contribution >= 0.6 is 0 Å². The molecular formula is C10H19NO3. The number of esters is 1. The van der Waals surface area contributed by atoms with E-state index < -0.39 is 6.41 Å². The highest BCUT2D eigenvalue weighted by Crippen LogP contribution is 2.15. The van der Waals surface area contributed by atoms with Crippen LogP contribution < -0.4 is 5.32 Å². The van der Waals surface area contributed by atoms with E-state index in [9.17, 15) is 4.79 Å². The van der Waals surface area contributed by atoms with Gasteiger partial charge in [-0.15, -0.1) is 0 Å². The van der Waals surface area contributed by atoms with E-state index in [2.05, 4.69) is 5.32 Å². The van der Waals surface area contributed by atoms with Crippen LogP contribution in [-0.4, -0.2) is 24.5 Å². The zero-order valence-corrected chi connectivity index (χ0v) is 9.13. The lowest BCUT2D eigenvalue weighted by molar-refractivity contribution is -0.173. The van der Waals surface area contributed by atoms with E-state index in [0.717, 1.165) is 12.8 Å². The molecule has 0 aromatic rings. The van der Waals surface area contributed by atoms with Crippen molar-refractivity contribution in [3.05, 3.63) is 0 Å². The van der Waals surface area contributed by atoms with Gasteiger partial charge in [-0.05, 0) is 20.3 Å². The first-order valence-corrected chi connectivity index (χ1v) is 5.12. The molecule has 1 rings (SSSR count). The van der Waals surface area contributed by atoms with Gasteiger partial charge in [0, 0.05) is 12.0 Å². The number of unbranched alkanes of at least 4 members (excludes halogenated alkanes) is 1. The summed E-state index contributed by atoms with van der Waals surface area (Å²) >= 11 is 0. The van der Waals surface area contributed by atoms with Gasteiger partial charge in [-0.1, -0.05) is 13.3 Å². The molecule has 1 N–H and O–H groups in total. The Morgan fingerprint density at radius 3 is 2.86 bits per heavy atom. The van der Waals surface area contributed by atoms with Gasteiger partial charge in [-0.3, -0.25) is 10.1 Å². The van der Waals surface area contributed by atoms with E-state index >= 15 is 0 Å². The van der Waals surface area contributed by atoms with Gasteiger partial charge in [0.1, 0.15) is 0 Å². The molecular weight excluding hydrogens is 182 g/mol. The summed E-state index contributed by atoms with van der Waals surface area (Å²) in [4.78, 5) is 11.2. The Morgan fingerprint density at radius 2 is 2.36 bits per heavy atom. The fraction of sp³-hybridized carbons (Fsp3) is 0.900. The number of carbonyl (C=O) groups excluding carboxylic acids is 1. The zero-order valence-electron chi connectivity index (χ0n) is 9.13. The number of hydrogen-bond donors (Lipinski definition) is 1. The van der Waals surface area contributed by atoms with Gasteiger partial charge in [0.2, 0.25) is 0 Å². The van der Waals surface area contributed by atoms with Crippen LogP contribution in [0.25, 0.3) is 0 Å². The summed E-state index contributed by atoms with van der Waals surface area (Å²) < 4.78 is 10.3. The molecule has 0 amide bonds. The molecule has 1 heterocycles. The minimum Gasteiger partial charge on any atom is -0.421 e. The van der Waals surface area contributed by atoms with E-state index in [4.69, 9.17) is 9.47 Å². The minimum absolute atomic E-state index is 0.101. The second-order valence-electron chi connectivity index (χ2n) is 4.26. The Kier molecular flexibility index (Phi) is 3.89. The maximum Gasteiger partial charge on any atom is 0.309 e. The molecule has 0 spiro atoms. The van der Waals surface area contributed by atoms with Gasteiger partial charge < -0.3 is 9.47 Å². The molecule has 1 unspecified atom stereocenters. The first kappa shape index (κ1) is 11.5. The third kappa shape index (κ3) is 3.64. The summed E-state index contributed by atoms with van der Waals surface area (Å²) in [5, 5.41) is 3.07. The summed E-state index contributed by atoms with van der Waals surface area (Å²) in [6.07, 6.45) is 1.78. The average Bonchev–Trinajstić information content (AvgIpc) is 2.42. The smallest absolute Gasteiger partial charge is 0.309 e. The van der Waals surface area contributed by atoms with E-state index in [1.165, 1.54) is 0 Å². The molecule has 1 atom stereocenters. The van der Waals surface area contributed by atoms with Gasteiger partial charge in [0.05, 0.1) is 6.61 Å². The molecule has 0 aliphatic carbocycles. The van der Waals surface area contributed by atoms with Gasteiger partial charge in [0.25, 0.3) is 6.41 Å². The SMILES string of the molecule is CCCCC(=O)OC1NC(C)(C)CO1. The van der Waals surface area contributed by atoms with Crippen LogP contribution in [0.1, 0.15) is 40.0 Å². The van der Waals surface area contributed by atoms with Crippen molar-refractivity contribution in [3.63, 3.8) is 0 Å². The van der Waals surface area contributed by atoms with E-state index in [1.54, 1.807) is 0 Å².